The van der Waals surface area contributed by atoms with Crippen molar-refractivity contribution in [2.45, 2.75) is 32.1 Å². The summed E-state index contributed by atoms with van der Waals surface area (Å²) >= 11 is 0. The van der Waals surface area contributed by atoms with Gasteiger partial charge >= 0.3 is 0 Å². The van der Waals surface area contributed by atoms with Crippen LogP contribution in [0.2, 0.25) is 0 Å². The summed E-state index contributed by atoms with van der Waals surface area (Å²) in [7, 11) is 0. The van der Waals surface area contributed by atoms with Gasteiger partial charge in [-0.25, -0.2) is 0 Å². The quantitative estimate of drug-likeness (QED) is 0.746. The zero-order valence-electron chi connectivity index (χ0n) is 10.8. The Kier molecular flexibility index (Phi) is 5.03. The van der Waals surface area contributed by atoms with Gasteiger partial charge in [-0.3, -0.25) is 0 Å². The van der Waals surface area contributed by atoms with Crippen molar-refractivity contribution < 1.29 is 4.42 Å². The fourth-order valence-electron chi connectivity index (χ4n) is 2.07. The fraction of sp³-hybridized carbons (Fsp3) is 0.375. The molecule has 18 heavy (non-hydrogen) atoms. The highest BCUT2D eigenvalue weighted by Crippen LogP contribution is 2.22. The van der Waals surface area contributed by atoms with Gasteiger partial charge in [0.15, 0.2) is 0 Å². The zero-order chi connectivity index (χ0) is 12.6. The van der Waals surface area contributed by atoms with Crippen LogP contribution < -0.4 is 5.73 Å². The first kappa shape index (κ1) is 12.9. The molecule has 0 fully saturated rings. The molecule has 0 radical (unpaired) electrons. The van der Waals surface area contributed by atoms with E-state index in [4.69, 9.17) is 10.2 Å². The third-order valence-electron chi connectivity index (χ3n) is 3.10. The monoisotopic (exact) mass is 243 g/mol. The Balaban J connectivity index is 1.83. The first-order valence-electron chi connectivity index (χ1n) is 6.74. The van der Waals surface area contributed by atoms with Crippen LogP contribution in [-0.4, -0.2) is 6.54 Å². The number of nitrogens with two attached hydrogens (primary N) is 1. The molecule has 0 saturated carbocycles. The van der Waals surface area contributed by atoms with Crippen LogP contribution in [0.5, 0.6) is 0 Å². The Morgan fingerprint density at radius 1 is 0.833 bits per heavy atom. The molecule has 2 aromatic rings. The minimum Gasteiger partial charge on any atom is -0.461 e. The summed E-state index contributed by atoms with van der Waals surface area (Å²) < 4.78 is 5.85. The largest absolute Gasteiger partial charge is 0.461 e. The van der Waals surface area contributed by atoms with Crippen molar-refractivity contribution in [2.24, 2.45) is 5.73 Å². The summed E-state index contributed by atoms with van der Waals surface area (Å²) in [6.45, 7) is 0.804. The predicted octanol–water partition coefficient (Wildman–Crippen LogP) is 4.01. The van der Waals surface area contributed by atoms with Crippen molar-refractivity contribution in [3.63, 3.8) is 0 Å². The molecule has 0 aliphatic rings. The van der Waals surface area contributed by atoms with Crippen LogP contribution in [0.3, 0.4) is 0 Å². The molecular weight excluding hydrogens is 222 g/mol. The van der Waals surface area contributed by atoms with E-state index < -0.39 is 0 Å². The summed E-state index contributed by atoms with van der Waals surface area (Å²) in [6, 6.07) is 14.4. The maximum absolute atomic E-state index is 5.85. The minimum atomic E-state index is 0.804. The van der Waals surface area contributed by atoms with Crippen molar-refractivity contribution >= 4 is 0 Å². The SMILES string of the molecule is NCCCCCCc1ccc(-c2ccccc2)o1. The molecule has 0 aliphatic heterocycles. The van der Waals surface area contributed by atoms with Crippen LogP contribution in [0.4, 0.5) is 0 Å². The lowest BCUT2D eigenvalue weighted by atomic mass is 10.1. The van der Waals surface area contributed by atoms with Gasteiger partial charge in [-0.05, 0) is 31.5 Å². The third kappa shape index (κ3) is 3.74. The Morgan fingerprint density at radius 2 is 1.61 bits per heavy atom. The van der Waals surface area contributed by atoms with Crippen LogP contribution in [-0.2, 0) is 6.42 Å². The molecule has 0 unspecified atom stereocenters. The lowest BCUT2D eigenvalue weighted by molar-refractivity contribution is 0.504. The molecule has 96 valence electrons. The predicted molar refractivity (Wildman–Crippen MR) is 75.4 cm³/mol. The van der Waals surface area contributed by atoms with Crippen LogP contribution in [0.1, 0.15) is 31.4 Å². The van der Waals surface area contributed by atoms with Gasteiger partial charge in [-0.2, -0.15) is 0 Å². The van der Waals surface area contributed by atoms with E-state index >= 15 is 0 Å². The lowest BCUT2D eigenvalue weighted by Gasteiger charge is -1.99. The van der Waals surface area contributed by atoms with Gasteiger partial charge in [0, 0.05) is 12.0 Å². The molecule has 0 saturated heterocycles. The van der Waals surface area contributed by atoms with Crippen LogP contribution in [0.25, 0.3) is 11.3 Å². The number of unbranched alkanes of at least 4 members (excludes halogenated alkanes) is 3. The fourth-order valence-corrected chi connectivity index (χ4v) is 2.07. The number of rotatable bonds is 7. The van der Waals surface area contributed by atoms with Crippen molar-refractivity contribution in [3.8, 4) is 11.3 Å². The molecule has 0 spiro atoms. The van der Waals surface area contributed by atoms with Crippen molar-refractivity contribution in [3.05, 3.63) is 48.2 Å². The Hall–Kier alpha value is -1.54. The number of hydrogen-bond donors (Lipinski definition) is 1. The van der Waals surface area contributed by atoms with Gasteiger partial charge in [0.05, 0.1) is 0 Å². The Bertz CT molecular complexity index is 447. The second kappa shape index (κ2) is 7.02. The Labute approximate surface area is 109 Å². The van der Waals surface area contributed by atoms with E-state index in [1.165, 1.54) is 19.3 Å². The van der Waals surface area contributed by atoms with E-state index in [1.807, 2.05) is 18.2 Å². The van der Waals surface area contributed by atoms with Crippen LogP contribution in [0, 0.1) is 0 Å². The highest BCUT2D eigenvalue weighted by Gasteiger charge is 2.03. The first-order chi connectivity index (χ1) is 8.90. The summed E-state index contributed by atoms with van der Waals surface area (Å²) in [6.07, 6.45) is 5.80. The Morgan fingerprint density at radius 3 is 2.39 bits per heavy atom. The zero-order valence-corrected chi connectivity index (χ0v) is 10.8. The molecule has 0 amide bonds. The second-order valence-electron chi connectivity index (χ2n) is 4.58. The smallest absolute Gasteiger partial charge is 0.134 e. The van der Waals surface area contributed by atoms with E-state index in [1.54, 1.807) is 0 Å². The number of aryl methyl sites for hydroxylation is 1. The summed E-state index contributed by atoms with van der Waals surface area (Å²) in [5, 5.41) is 0. The molecule has 2 nitrogen and oxygen atoms in total. The molecule has 2 rings (SSSR count). The maximum Gasteiger partial charge on any atom is 0.134 e. The number of benzene rings is 1. The first-order valence-corrected chi connectivity index (χ1v) is 6.74. The average Bonchev–Trinajstić information content (AvgIpc) is 2.88. The van der Waals surface area contributed by atoms with Gasteiger partial charge in [0.2, 0.25) is 0 Å². The topological polar surface area (TPSA) is 39.2 Å². The van der Waals surface area contributed by atoms with Gasteiger partial charge in [0.25, 0.3) is 0 Å². The standard InChI is InChI=1S/C16H21NO/c17-13-7-2-1-6-10-15-11-12-16(18-15)14-8-4-3-5-9-14/h3-5,8-9,11-12H,1-2,6-7,10,13,17H2. The summed E-state index contributed by atoms with van der Waals surface area (Å²) in [5.74, 6) is 2.05. The summed E-state index contributed by atoms with van der Waals surface area (Å²) in [4.78, 5) is 0. The highest BCUT2D eigenvalue weighted by atomic mass is 16.3. The third-order valence-corrected chi connectivity index (χ3v) is 3.10. The van der Waals surface area contributed by atoms with Gasteiger partial charge in [-0.15, -0.1) is 0 Å². The molecule has 1 aromatic heterocycles. The van der Waals surface area contributed by atoms with Crippen molar-refractivity contribution in [2.75, 3.05) is 6.54 Å². The van der Waals surface area contributed by atoms with E-state index in [2.05, 4.69) is 24.3 Å². The van der Waals surface area contributed by atoms with Crippen LogP contribution >= 0.6 is 0 Å². The molecule has 2 N–H and O–H groups in total. The lowest BCUT2D eigenvalue weighted by Crippen LogP contribution is -1.97. The molecule has 1 aromatic carbocycles. The van der Waals surface area contributed by atoms with Gasteiger partial charge < -0.3 is 10.2 Å². The van der Waals surface area contributed by atoms with Gasteiger partial charge in [-0.1, -0.05) is 43.2 Å². The molecular formula is C16H21NO. The van der Waals surface area contributed by atoms with Crippen LogP contribution in [0.15, 0.2) is 46.9 Å². The molecule has 0 atom stereocenters. The van der Waals surface area contributed by atoms with E-state index in [0.717, 1.165) is 36.5 Å². The molecule has 2 heteroatoms. The molecule has 0 bridgehead atoms. The maximum atomic E-state index is 5.85. The average molecular weight is 243 g/mol. The summed E-state index contributed by atoms with van der Waals surface area (Å²) in [5.41, 5.74) is 6.62. The van der Waals surface area contributed by atoms with Crippen molar-refractivity contribution in [1.82, 2.24) is 0 Å². The second-order valence-corrected chi connectivity index (χ2v) is 4.58. The highest BCUT2D eigenvalue weighted by molar-refractivity contribution is 5.57. The van der Waals surface area contributed by atoms with E-state index in [9.17, 15) is 0 Å². The molecule has 1 heterocycles. The van der Waals surface area contributed by atoms with Gasteiger partial charge in [0.1, 0.15) is 11.5 Å². The normalized spacial score (nSPS) is 10.7. The van der Waals surface area contributed by atoms with Crippen molar-refractivity contribution in [1.29, 1.82) is 0 Å². The minimum absolute atomic E-state index is 0.804. The molecule has 0 aliphatic carbocycles. The number of furan rings is 1. The number of hydrogen-bond acceptors (Lipinski definition) is 2. The van der Waals surface area contributed by atoms with E-state index in [0.29, 0.717) is 0 Å². The van der Waals surface area contributed by atoms with E-state index in [-0.39, 0.29) is 0 Å².